The number of ether oxygens (including phenoxy) is 1. The van der Waals surface area contributed by atoms with Crippen LogP contribution in [0.4, 0.5) is 0 Å². The van der Waals surface area contributed by atoms with Crippen molar-refractivity contribution in [2.45, 2.75) is 49.3 Å². The third-order valence-corrected chi connectivity index (χ3v) is 7.09. The van der Waals surface area contributed by atoms with Crippen LogP contribution in [0.5, 0.6) is 11.5 Å². The molecule has 4 aliphatic rings. The first kappa shape index (κ1) is 14.5. The molecule has 5 atom stereocenters. The summed E-state index contributed by atoms with van der Waals surface area (Å²) in [7, 11) is 2.04. The number of aliphatic hydroxyl groups is 1. The first-order chi connectivity index (χ1) is 11.4. The van der Waals surface area contributed by atoms with E-state index in [4.69, 9.17) is 4.74 Å². The summed E-state index contributed by atoms with van der Waals surface area (Å²) in [6.07, 6.45) is 1.50. The van der Waals surface area contributed by atoms with Gasteiger partial charge in [-0.1, -0.05) is 18.1 Å². The molecule has 3 N–H and O–H groups in total. The van der Waals surface area contributed by atoms with Gasteiger partial charge in [0.2, 0.25) is 0 Å². The van der Waals surface area contributed by atoms with Gasteiger partial charge in [-0.05, 0) is 38.1 Å². The highest BCUT2D eigenvalue weighted by molar-refractivity contribution is 5.90. The number of likely N-dealkylation sites (N-methyl/N-ethyl adjacent to an activating group) is 1. The standard InChI is InChI=1S/C18H22N2O4/c1-9-11(19-23)8-18(22)13-7-10-3-4-12(21)15-14(10)17(18,16(9)24-15)5-6-20(13)2/h3-4,9,13,16,21-23H,5-8H2,1-2H3/t9?,13-,16+,17+,18-/m1/s1. The summed E-state index contributed by atoms with van der Waals surface area (Å²) in [5, 5.41) is 35.2. The number of rotatable bonds is 0. The number of piperidine rings is 1. The molecular weight excluding hydrogens is 308 g/mol. The number of oxime groups is 1. The van der Waals surface area contributed by atoms with Crippen molar-refractivity contribution in [2.24, 2.45) is 11.1 Å². The van der Waals surface area contributed by atoms with Gasteiger partial charge in [-0.3, -0.25) is 0 Å². The predicted octanol–water partition coefficient (Wildman–Crippen LogP) is 1.25. The van der Waals surface area contributed by atoms with E-state index in [2.05, 4.69) is 10.1 Å². The van der Waals surface area contributed by atoms with Crippen LogP contribution in [0.25, 0.3) is 0 Å². The van der Waals surface area contributed by atoms with E-state index in [1.165, 1.54) is 0 Å². The summed E-state index contributed by atoms with van der Waals surface area (Å²) in [6, 6.07) is 3.60. The summed E-state index contributed by atoms with van der Waals surface area (Å²) in [5.41, 5.74) is 1.13. The van der Waals surface area contributed by atoms with Crippen LogP contribution in [-0.4, -0.2) is 57.4 Å². The fraction of sp³-hybridized carbons (Fsp3) is 0.611. The van der Waals surface area contributed by atoms with E-state index in [-0.39, 0.29) is 23.8 Å². The molecule has 1 saturated carbocycles. The molecule has 1 aromatic rings. The maximum absolute atomic E-state index is 11.9. The van der Waals surface area contributed by atoms with Gasteiger partial charge in [0, 0.05) is 23.9 Å². The molecule has 1 spiro atoms. The Bertz CT molecular complexity index is 779. The smallest absolute Gasteiger partial charge is 0.165 e. The zero-order valence-corrected chi connectivity index (χ0v) is 13.9. The van der Waals surface area contributed by atoms with Crippen molar-refractivity contribution >= 4 is 5.71 Å². The maximum Gasteiger partial charge on any atom is 0.165 e. The van der Waals surface area contributed by atoms with E-state index < -0.39 is 11.0 Å². The summed E-state index contributed by atoms with van der Waals surface area (Å²) >= 11 is 0. The number of hydrogen-bond acceptors (Lipinski definition) is 6. The third kappa shape index (κ3) is 1.32. The lowest BCUT2D eigenvalue weighted by molar-refractivity contribution is -0.168. The number of likely N-dealkylation sites (tertiary alicyclic amines) is 1. The van der Waals surface area contributed by atoms with Gasteiger partial charge in [0.05, 0.1) is 16.7 Å². The van der Waals surface area contributed by atoms with Crippen LogP contribution in [0, 0.1) is 5.92 Å². The Hall–Kier alpha value is -1.79. The minimum atomic E-state index is -1.05. The Labute approximate surface area is 140 Å². The Balaban J connectivity index is 1.85. The lowest BCUT2D eigenvalue weighted by atomic mass is 9.47. The molecule has 128 valence electrons. The number of hydrogen-bond donors (Lipinski definition) is 3. The van der Waals surface area contributed by atoms with Crippen LogP contribution >= 0.6 is 0 Å². The second kappa shape index (κ2) is 4.24. The molecule has 2 fully saturated rings. The second-order valence-corrected chi connectivity index (χ2v) is 7.89. The highest BCUT2D eigenvalue weighted by atomic mass is 16.5. The number of benzene rings is 1. The van der Waals surface area contributed by atoms with Gasteiger partial charge < -0.3 is 25.1 Å². The van der Waals surface area contributed by atoms with Crippen LogP contribution in [0.15, 0.2) is 17.3 Å². The van der Waals surface area contributed by atoms with Gasteiger partial charge in [-0.2, -0.15) is 0 Å². The Morgan fingerprint density at radius 3 is 2.92 bits per heavy atom. The molecule has 1 saturated heterocycles. The Morgan fingerprint density at radius 2 is 2.17 bits per heavy atom. The van der Waals surface area contributed by atoms with Gasteiger partial charge in [0.1, 0.15) is 6.10 Å². The fourth-order valence-corrected chi connectivity index (χ4v) is 5.95. The van der Waals surface area contributed by atoms with Crippen molar-refractivity contribution in [3.05, 3.63) is 23.3 Å². The monoisotopic (exact) mass is 330 g/mol. The van der Waals surface area contributed by atoms with E-state index in [9.17, 15) is 15.4 Å². The van der Waals surface area contributed by atoms with Crippen molar-refractivity contribution in [1.29, 1.82) is 0 Å². The van der Waals surface area contributed by atoms with Crippen molar-refractivity contribution in [3.63, 3.8) is 0 Å². The SMILES string of the molecule is CC1C(=NO)C[C@@]2(O)[C@H]3Cc4ccc(O)c5c4[C@@]2(CCN3C)[C@H]1O5. The second-order valence-electron chi connectivity index (χ2n) is 7.89. The fourth-order valence-electron chi connectivity index (χ4n) is 5.95. The molecule has 2 aliphatic carbocycles. The van der Waals surface area contributed by atoms with Crippen molar-refractivity contribution in [1.82, 2.24) is 4.90 Å². The molecule has 0 radical (unpaired) electrons. The molecule has 2 heterocycles. The molecule has 0 aromatic heterocycles. The first-order valence-electron chi connectivity index (χ1n) is 8.59. The van der Waals surface area contributed by atoms with Crippen LogP contribution in [0.1, 0.15) is 30.9 Å². The average Bonchev–Trinajstić information content (AvgIpc) is 2.91. The summed E-state index contributed by atoms with van der Waals surface area (Å²) in [4.78, 5) is 2.21. The van der Waals surface area contributed by atoms with Crippen LogP contribution in [-0.2, 0) is 11.8 Å². The molecular formula is C18H22N2O4. The highest BCUT2D eigenvalue weighted by Crippen LogP contribution is 2.65. The average molecular weight is 330 g/mol. The molecule has 5 rings (SSSR count). The van der Waals surface area contributed by atoms with Crippen LogP contribution < -0.4 is 4.74 Å². The first-order valence-corrected chi connectivity index (χ1v) is 8.59. The largest absolute Gasteiger partial charge is 0.504 e. The van der Waals surface area contributed by atoms with E-state index in [1.807, 2.05) is 20.0 Å². The quantitative estimate of drug-likeness (QED) is 0.492. The molecule has 1 unspecified atom stereocenters. The molecule has 1 aromatic carbocycles. The van der Waals surface area contributed by atoms with Gasteiger partial charge in [-0.15, -0.1) is 0 Å². The molecule has 0 amide bonds. The van der Waals surface area contributed by atoms with Crippen molar-refractivity contribution < 1.29 is 20.2 Å². The number of phenolic OH excluding ortho intramolecular Hbond substituents is 1. The van der Waals surface area contributed by atoms with Crippen molar-refractivity contribution in [3.8, 4) is 11.5 Å². The number of aromatic hydroxyl groups is 1. The summed E-state index contributed by atoms with van der Waals surface area (Å²) in [5.74, 6) is 0.536. The van der Waals surface area contributed by atoms with Gasteiger partial charge in [0.15, 0.2) is 11.5 Å². The molecule has 24 heavy (non-hydrogen) atoms. The summed E-state index contributed by atoms with van der Waals surface area (Å²) < 4.78 is 6.23. The lowest BCUT2D eigenvalue weighted by Crippen LogP contribution is -2.77. The van der Waals surface area contributed by atoms with Crippen LogP contribution in [0.3, 0.4) is 0 Å². The normalized spacial score (nSPS) is 44.3. The van der Waals surface area contributed by atoms with Gasteiger partial charge in [-0.25, -0.2) is 0 Å². The Kier molecular flexibility index (Phi) is 2.57. The topological polar surface area (TPSA) is 85.5 Å². The maximum atomic E-state index is 11.9. The molecule has 6 nitrogen and oxygen atoms in total. The third-order valence-electron chi connectivity index (χ3n) is 7.09. The lowest BCUT2D eigenvalue weighted by Gasteiger charge is -2.63. The molecule has 6 heteroatoms. The minimum Gasteiger partial charge on any atom is -0.504 e. The van der Waals surface area contributed by atoms with Crippen molar-refractivity contribution in [2.75, 3.05) is 13.6 Å². The van der Waals surface area contributed by atoms with E-state index in [0.29, 0.717) is 24.3 Å². The Morgan fingerprint density at radius 1 is 1.38 bits per heavy atom. The highest BCUT2D eigenvalue weighted by Gasteiger charge is 2.73. The molecule has 2 aliphatic heterocycles. The number of nitrogens with zero attached hydrogens (tertiary/aromatic N) is 2. The number of phenols is 1. The van der Waals surface area contributed by atoms with Gasteiger partial charge >= 0.3 is 0 Å². The zero-order valence-electron chi connectivity index (χ0n) is 13.9. The summed E-state index contributed by atoms with van der Waals surface area (Å²) in [6.45, 7) is 2.86. The zero-order chi connectivity index (χ0) is 16.9. The predicted molar refractivity (Wildman–Crippen MR) is 86.9 cm³/mol. The van der Waals surface area contributed by atoms with E-state index >= 15 is 0 Å². The minimum absolute atomic E-state index is 0.0513. The van der Waals surface area contributed by atoms with Crippen LogP contribution in [0.2, 0.25) is 0 Å². The van der Waals surface area contributed by atoms with E-state index in [1.54, 1.807) is 6.07 Å². The van der Waals surface area contributed by atoms with E-state index in [0.717, 1.165) is 24.1 Å². The molecule has 2 bridgehead atoms. The van der Waals surface area contributed by atoms with Gasteiger partial charge in [0.25, 0.3) is 0 Å².